The summed E-state index contributed by atoms with van der Waals surface area (Å²) in [5, 5.41) is 11.9. The monoisotopic (exact) mass is 377 g/mol. The van der Waals surface area contributed by atoms with Gasteiger partial charge in [0.15, 0.2) is 0 Å². The highest BCUT2D eigenvalue weighted by molar-refractivity contribution is 6.33. The van der Waals surface area contributed by atoms with Gasteiger partial charge in [-0.1, -0.05) is 41.9 Å². The number of nitrogens with zero attached hydrogens (tertiary/aromatic N) is 2. The highest BCUT2D eigenvalue weighted by atomic mass is 35.5. The molecule has 0 atom stereocenters. The van der Waals surface area contributed by atoms with Gasteiger partial charge in [0.25, 0.3) is 0 Å². The molecule has 1 heterocycles. The zero-order chi connectivity index (χ0) is 18.5. The van der Waals surface area contributed by atoms with E-state index in [1.807, 2.05) is 72.8 Å². The molecule has 1 N–H and O–H groups in total. The van der Waals surface area contributed by atoms with Crippen LogP contribution in [-0.2, 0) is 6.54 Å². The number of aromatic nitrogens is 2. The molecule has 0 fully saturated rings. The lowest BCUT2D eigenvalue weighted by Gasteiger charge is -2.07. The van der Waals surface area contributed by atoms with Gasteiger partial charge in [-0.05, 0) is 48.5 Å². The van der Waals surface area contributed by atoms with Crippen LogP contribution in [-0.4, -0.2) is 10.2 Å². The van der Waals surface area contributed by atoms with Gasteiger partial charge >= 0.3 is 0 Å². The van der Waals surface area contributed by atoms with Gasteiger partial charge in [-0.3, -0.25) is 0 Å². The van der Waals surface area contributed by atoms with E-state index in [0.717, 1.165) is 22.7 Å². The van der Waals surface area contributed by atoms with Crippen LogP contribution in [0.25, 0.3) is 11.5 Å². The Morgan fingerprint density at radius 1 is 0.815 bits per heavy atom. The number of halogens is 1. The van der Waals surface area contributed by atoms with Crippen molar-refractivity contribution in [3.05, 3.63) is 89.8 Å². The minimum Gasteiger partial charge on any atom is -0.457 e. The molecule has 0 amide bonds. The number of nitrogens with one attached hydrogen (secondary N) is 1. The molecule has 0 aliphatic rings. The van der Waals surface area contributed by atoms with Crippen LogP contribution in [0, 0.1) is 0 Å². The van der Waals surface area contributed by atoms with Crippen LogP contribution >= 0.6 is 11.6 Å². The molecule has 0 radical (unpaired) electrons. The predicted octanol–water partition coefficient (Wildman–Crippen LogP) is 5.79. The normalized spacial score (nSPS) is 10.6. The molecule has 0 saturated heterocycles. The Balaban J connectivity index is 1.37. The van der Waals surface area contributed by atoms with Crippen LogP contribution in [0.3, 0.4) is 0 Å². The minimum absolute atomic E-state index is 0.406. The number of hydrogen-bond donors (Lipinski definition) is 1. The predicted molar refractivity (Wildman–Crippen MR) is 105 cm³/mol. The number of para-hydroxylation sites is 1. The minimum atomic E-state index is 0.406. The maximum absolute atomic E-state index is 6.16. The molecular weight excluding hydrogens is 362 g/mol. The fraction of sp³-hybridized carbons (Fsp3) is 0.0476. The first-order valence-electron chi connectivity index (χ1n) is 8.42. The first-order chi connectivity index (χ1) is 13.3. The summed E-state index contributed by atoms with van der Waals surface area (Å²) in [6, 6.07) is 24.7. The van der Waals surface area contributed by atoms with E-state index >= 15 is 0 Å². The molecule has 3 aromatic carbocycles. The van der Waals surface area contributed by atoms with Crippen molar-refractivity contribution in [3.63, 3.8) is 0 Å². The smallest absolute Gasteiger partial charge is 0.249 e. The summed E-state index contributed by atoms with van der Waals surface area (Å²) in [4.78, 5) is 0. The first-order valence-corrected chi connectivity index (χ1v) is 8.80. The third kappa shape index (κ3) is 4.27. The summed E-state index contributed by atoms with van der Waals surface area (Å²) in [6.07, 6.45) is 0. The second-order valence-electron chi connectivity index (χ2n) is 5.77. The van der Waals surface area contributed by atoms with Crippen molar-refractivity contribution < 1.29 is 9.15 Å². The molecular formula is C21H16ClN3O2. The van der Waals surface area contributed by atoms with E-state index in [4.69, 9.17) is 20.8 Å². The van der Waals surface area contributed by atoms with E-state index in [-0.39, 0.29) is 0 Å². The molecule has 0 unspecified atom stereocenters. The summed E-state index contributed by atoms with van der Waals surface area (Å²) >= 11 is 6.16. The lowest BCUT2D eigenvalue weighted by molar-refractivity contribution is 0.483. The van der Waals surface area contributed by atoms with Crippen molar-refractivity contribution in [3.8, 4) is 23.0 Å². The van der Waals surface area contributed by atoms with E-state index in [2.05, 4.69) is 15.5 Å². The Kier molecular flexibility index (Phi) is 5.03. The number of benzene rings is 3. The van der Waals surface area contributed by atoms with Crippen LogP contribution in [0.4, 0.5) is 5.69 Å². The summed E-state index contributed by atoms with van der Waals surface area (Å²) in [5.74, 6) is 2.46. The molecule has 0 bridgehead atoms. The van der Waals surface area contributed by atoms with E-state index in [1.165, 1.54) is 0 Å². The van der Waals surface area contributed by atoms with Gasteiger partial charge in [-0.15, -0.1) is 10.2 Å². The van der Waals surface area contributed by atoms with Crippen molar-refractivity contribution >= 4 is 17.3 Å². The van der Waals surface area contributed by atoms with Crippen LogP contribution < -0.4 is 10.1 Å². The van der Waals surface area contributed by atoms with Crippen LogP contribution in [0.15, 0.2) is 83.3 Å². The van der Waals surface area contributed by atoms with Crippen LogP contribution in [0.2, 0.25) is 5.02 Å². The van der Waals surface area contributed by atoms with E-state index < -0.39 is 0 Å². The second kappa shape index (κ2) is 7.93. The molecule has 5 nitrogen and oxygen atoms in total. The number of rotatable bonds is 6. The van der Waals surface area contributed by atoms with E-state index in [9.17, 15) is 0 Å². The summed E-state index contributed by atoms with van der Waals surface area (Å²) < 4.78 is 11.5. The van der Waals surface area contributed by atoms with Crippen molar-refractivity contribution in [2.75, 3.05) is 5.32 Å². The van der Waals surface area contributed by atoms with Crippen molar-refractivity contribution in [2.45, 2.75) is 6.54 Å². The first kappa shape index (κ1) is 17.1. The van der Waals surface area contributed by atoms with Gasteiger partial charge in [-0.25, -0.2) is 0 Å². The molecule has 0 aliphatic heterocycles. The Bertz CT molecular complexity index is 1020. The number of ether oxygens (including phenoxy) is 1. The van der Waals surface area contributed by atoms with Gasteiger partial charge in [0.1, 0.15) is 11.5 Å². The highest BCUT2D eigenvalue weighted by Crippen LogP contribution is 2.26. The SMILES string of the molecule is Clc1ccccc1-c1nnc(CNc2ccc(Oc3ccccc3)cc2)o1. The summed E-state index contributed by atoms with van der Waals surface area (Å²) in [7, 11) is 0. The molecule has 0 aliphatic carbocycles. The lowest BCUT2D eigenvalue weighted by atomic mass is 10.2. The molecule has 4 aromatic rings. The lowest BCUT2D eigenvalue weighted by Crippen LogP contribution is -1.99. The average molecular weight is 378 g/mol. The Morgan fingerprint density at radius 2 is 1.52 bits per heavy atom. The maximum atomic E-state index is 6.16. The third-order valence-electron chi connectivity index (χ3n) is 3.85. The van der Waals surface area contributed by atoms with Crippen molar-refractivity contribution in [1.82, 2.24) is 10.2 Å². The fourth-order valence-electron chi connectivity index (χ4n) is 2.51. The van der Waals surface area contributed by atoms with Gasteiger partial charge in [0.2, 0.25) is 11.8 Å². The van der Waals surface area contributed by atoms with Crippen molar-refractivity contribution in [2.24, 2.45) is 0 Å². The summed E-state index contributed by atoms with van der Waals surface area (Å²) in [5.41, 5.74) is 1.65. The van der Waals surface area contributed by atoms with Crippen molar-refractivity contribution in [1.29, 1.82) is 0 Å². The molecule has 27 heavy (non-hydrogen) atoms. The summed E-state index contributed by atoms with van der Waals surface area (Å²) in [6.45, 7) is 0.413. The molecule has 1 aromatic heterocycles. The fourth-order valence-corrected chi connectivity index (χ4v) is 2.73. The molecule has 134 valence electrons. The zero-order valence-electron chi connectivity index (χ0n) is 14.3. The van der Waals surface area contributed by atoms with Gasteiger partial charge in [-0.2, -0.15) is 0 Å². The molecule has 6 heteroatoms. The Labute approximate surface area is 161 Å². The standard InChI is InChI=1S/C21H16ClN3O2/c22-19-9-5-4-8-18(19)21-25-24-20(27-21)14-23-15-10-12-17(13-11-15)26-16-6-2-1-3-7-16/h1-13,23H,14H2. The third-order valence-corrected chi connectivity index (χ3v) is 4.18. The molecule has 0 saturated carbocycles. The van der Waals surface area contributed by atoms with Gasteiger partial charge in [0, 0.05) is 5.69 Å². The van der Waals surface area contributed by atoms with Crippen LogP contribution in [0.5, 0.6) is 11.5 Å². The van der Waals surface area contributed by atoms with Crippen LogP contribution in [0.1, 0.15) is 5.89 Å². The highest BCUT2D eigenvalue weighted by Gasteiger charge is 2.11. The quantitative estimate of drug-likeness (QED) is 0.460. The van der Waals surface area contributed by atoms with Gasteiger partial charge < -0.3 is 14.5 Å². The topological polar surface area (TPSA) is 60.2 Å². The van der Waals surface area contributed by atoms with E-state index in [1.54, 1.807) is 6.07 Å². The second-order valence-corrected chi connectivity index (χ2v) is 6.18. The Hall–Kier alpha value is -3.31. The van der Waals surface area contributed by atoms with Gasteiger partial charge in [0.05, 0.1) is 17.1 Å². The Morgan fingerprint density at radius 3 is 2.30 bits per heavy atom. The molecule has 0 spiro atoms. The zero-order valence-corrected chi connectivity index (χ0v) is 15.1. The maximum Gasteiger partial charge on any atom is 0.249 e. The molecule has 4 rings (SSSR count). The number of hydrogen-bond acceptors (Lipinski definition) is 5. The largest absolute Gasteiger partial charge is 0.457 e. The number of anilines is 1. The van der Waals surface area contributed by atoms with E-state index in [0.29, 0.717) is 23.3 Å². The average Bonchev–Trinajstić information content (AvgIpc) is 3.17.